The molecular weight excluding hydrogens is 322 g/mol. The summed E-state index contributed by atoms with van der Waals surface area (Å²) in [6.45, 7) is 8.83. The average Bonchev–Trinajstić information content (AvgIpc) is 2.72. The molecule has 2 aromatic heterocycles. The molecule has 0 amide bonds. The number of aromatic nitrogens is 2. The van der Waals surface area contributed by atoms with Crippen LogP contribution in [0.5, 0.6) is 0 Å². The van der Waals surface area contributed by atoms with Crippen molar-refractivity contribution < 1.29 is 6.11 Å². The summed E-state index contributed by atoms with van der Waals surface area (Å²) in [4.78, 5) is 11.0. The van der Waals surface area contributed by atoms with Gasteiger partial charge in [-0.15, -0.1) is 0 Å². The first-order valence-electron chi connectivity index (χ1n) is 9.39. The number of pyridine rings is 2. The van der Waals surface area contributed by atoms with Gasteiger partial charge in [0.05, 0.1) is 25.8 Å². The van der Waals surface area contributed by atoms with Crippen LogP contribution < -0.4 is 4.90 Å². The van der Waals surface area contributed by atoms with E-state index in [4.69, 9.17) is 1.37 Å². The van der Waals surface area contributed by atoms with Crippen LogP contribution in [0.4, 0.5) is 11.5 Å². The lowest BCUT2D eigenvalue weighted by molar-refractivity contribution is 0.337. The Hall–Kier alpha value is -2.88. The van der Waals surface area contributed by atoms with Gasteiger partial charge in [0.2, 0.25) is 0 Å². The summed E-state index contributed by atoms with van der Waals surface area (Å²) in [5.41, 5.74) is 2.68. The Bertz CT molecular complexity index is 822. The number of nitrogens with zero attached hydrogens (tertiary/aromatic N) is 3. The van der Waals surface area contributed by atoms with Crippen molar-refractivity contribution in [2.45, 2.75) is 27.7 Å². The Morgan fingerprint density at radius 3 is 2.38 bits per heavy atom. The van der Waals surface area contributed by atoms with Crippen LogP contribution in [0.2, 0.25) is 0 Å². The Kier molecular flexibility index (Phi) is 9.33. The predicted molar refractivity (Wildman–Crippen MR) is 112 cm³/mol. The lowest BCUT2D eigenvalue weighted by atomic mass is 10.2. The molecule has 0 aliphatic rings. The maximum Gasteiger partial charge on any atom is 0.133 e. The molecule has 0 fully saturated rings. The van der Waals surface area contributed by atoms with E-state index in [0.29, 0.717) is 6.04 Å². The number of ether oxygens (including phenoxy) is 1. The minimum absolute atomic E-state index is 0.380. The first kappa shape index (κ1) is 19.4. The minimum Gasteiger partial charge on any atom is -0.505 e. The fourth-order valence-corrected chi connectivity index (χ4v) is 2.27. The first-order valence-corrected chi connectivity index (χ1v) is 8.89. The summed E-state index contributed by atoms with van der Waals surface area (Å²) in [5, 5.41) is 0. The van der Waals surface area contributed by atoms with Crippen molar-refractivity contribution in [2.75, 3.05) is 18.6 Å². The lowest BCUT2D eigenvalue weighted by Gasteiger charge is -2.22. The third-order valence-electron chi connectivity index (χ3n) is 3.32. The lowest BCUT2D eigenvalue weighted by Crippen LogP contribution is -2.17. The van der Waals surface area contributed by atoms with Crippen LogP contribution in [0, 0.1) is 0 Å². The first-order chi connectivity index (χ1) is 13.2. The molecule has 0 aliphatic heterocycles. The fraction of sp³-hybridized carbons (Fsp3) is 0.273. The van der Waals surface area contributed by atoms with Crippen LogP contribution >= 0.6 is 0 Å². The van der Waals surface area contributed by atoms with Gasteiger partial charge in [0.1, 0.15) is 5.82 Å². The topological polar surface area (TPSA) is 38.2 Å². The zero-order valence-electron chi connectivity index (χ0n) is 17.3. The van der Waals surface area contributed by atoms with Gasteiger partial charge in [0.25, 0.3) is 0 Å². The number of para-hydroxylation sites is 1. The predicted octanol–water partition coefficient (Wildman–Crippen LogP) is 5.98. The van der Waals surface area contributed by atoms with Gasteiger partial charge in [-0.05, 0) is 50.2 Å². The van der Waals surface area contributed by atoms with Crippen molar-refractivity contribution in [1.82, 2.24) is 9.97 Å². The van der Waals surface area contributed by atoms with E-state index in [0.717, 1.165) is 29.1 Å². The number of methoxy groups -OCH3 is 1. The van der Waals surface area contributed by atoms with Gasteiger partial charge in [-0.25, -0.2) is 4.98 Å². The van der Waals surface area contributed by atoms with Gasteiger partial charge in [0, 0.05) is 18.4 Å². The van der Waals surface area contributed by atoms with Crippen molar-refractivity contribution in [1.29, 1.82) is 0 Å². The highest BCUT2D eigenvalue weighted by atomic mass is 16.5. The number of rotatable bonds is 4. The SMILES string of the molecule is CC.CC=COC.[2H]c1cnc2ccc(N(CC)c3ccccc3)nc2c1. The number of hydrogen-bond donors (Lipinski definition) is 0. The molecule has 3 rings (SSSR count). The van der Waals surface area contributed by atoms with Crippen LogP contribution in [0.3, 0.4) is 0 Å². The molecule has 26 heavy (non-hydrogen) atoms. The van der Waals surface area contributed by atoms with Gasteiger partial charge in [-0.1, -0.05) is 38.1 Å². The molecule has 0 N–H and O–H groups in total. The van der Waals surface area contributed by atoms with E-state index in [9.17, 15) is 0 Å². The number of anilines is 2. The third kappa shape index (κ3) is 6.20. The van der Waals surface area contributed by atoms with Crippen molar-refractivity contribution in [3.63, 3.8) is 0 Å². The van der Waals surface area contributed by atoms with Gasteiger partial charge in [0.15, 0.2) is 0 Å². The van der Waals surface area contributed by atoms with Crippen molar-refractivity contribution >= 4 is 22.5 Å². The Labute approximate surface area is 158 Å². The van der Waals surface area contributed by atoms with E-state index in [1.807, 2.05) is 57.2 Å². The van der Waals surface area contributed by atoms with E-state index in [1.54, 1.807) is 25.6 Å². The molecule has 0 radical (unpaired) electrons. The number of benzene rings is 1. The number of fused-ring (bicyclic) bond motifs is 1. The van der Waals surface area contributed by atoms with E-state index in [1.165, 1.54) is 0 Å². The Balaban J connectivity index is 0.000000454. The highest BCUT2D eigenvalue weighted by Gasteiger charge is 2.08. The van der Waals surface area contributed by atoms with Gasteiger partial charge in [-0.2, -0.15) is 0 Å². The summed E-state index contributed by atoms with van der Waals surface area (Å²) in [5.74, 6) is 0.874. The summed E-state index contributed by atoms with van der Waals surface area (Å²) in [7, 11) is 1.62. The molecule has 3 aromatic rings. The molecule has 1 aromatic carbocycles. The van der Waals surface area contributed by atoms with Crippen molar-refractivity contribution in [3.8, 4) is 0 Å². The molecule has 0 unspecified atom stereocenters. The van der Waals surface area contributed by atoms with E-state index >= 15 is 0 Å². The van der Waals surface area contributed by atoms with Crippen LogP contribution in [0.1, 0.15) is 29.1 Å². The second-order valence-corrected chi connectivity index (χ2v) is 4.93. The van der Waals surface area contributed by atoms with Crippen molar-refractivity contribution in [2.24, 2.45) is 0 Å². The maximum atomic E-state index is 7.65. The van der Waals surface area contributed by atoms with E-state index in [2.05, 4.69) is 38.7 Å². The number of hydrogen-bond acceptors (Lipinski definition) is 4. The molecule has 0 saturated heterocycles. The molecule has 0 aliphatic carbocycles. The summed E-state index contributed by atoms with van der Waals surface area (Å²) < 4.78 is 12.2. The standard InChI is InChI=1S/C16H15N3.C4H8O.C2H6/c1-2-19(13-7-4-3-5-8-13)16-11-10-14-15(18-16)9-6-12-17-14;1-3-4-5-2;1-2/h3-12H,2H2,1H3;3-4H,1-2H3;1-2H3/i6D;;. The molecular formula is C22H29N3O. The van der Waals surface area contributed by atoms with Gasteiger partial charge >= 0.3 is 0 Å². The zero-order chi connectivity index (χ0) is 20.1. The molecule has 0 bridgehead atoms. The second-order valence-electron chi connectivity index (χ2n) is 4.93. The molecule has 138 valence electrons. The molecule has 0 spiro atoms. The van der Waals surface area contributed by atoms with Crippen LogP contribution in [-0.4, -0.2) is 23.6 Å². The third-order valence-corrected chi connectivity index (χ3v) is 3.32. The van der Waals surface area contributed by atoms with Crippen LogP contribution in [0.15, 0.2) is 73.1 Å². The van der Waals surface area contributed by atoms with E-state index < -0.39 is 0 Å². The van der Waals surface area contributed by atoms with Crippen LogP contribution in [-0.2, 0) is 4.74 Å². The maximum absolute atomic E-state index is 7.65. The second kappa shape index (κ2) is 12.5. The van der Waals surface area contributed by atoms with Gasteiger partial charge < -0.3 is 9.64 Å². The Morgan fingerprint density at radius 2 is 1.81 bits per heavy atom. The summed E-state index contributed by atoms with van der Waals surface area (Å²) in [6, 6.07) is 16.2. The average molecular weight is 353 g/mol. The zero-order valence-corrected chi connectivity index (χ0v) is 16.3. The van der Waals surface area contributed by atoms with Crippen molar-refractivity contribution in [3.05, 3.63) is 73.1 Å². The molecule has 4 nitrogen and oxygen atoms in total. The molecule has 0 atom stereocenters. The summed E-state index contributed by atoms with van der Waals surface area (Å²) >= 11 is 0. The van der Waals surface area contributed by atoms with E-state index in [-0.39, 0.29) is 0 Å². The molecule has 0 saturated carbocycles. The monoisotopic (exact) mass is 352 g/mol. The summed E-state index contributed by atoms with van der Waals surface area (Å²) in [6.07, 6.45) is 5.00. The normalized spacial score (nSPS) is 10.3. The molecule has 2 heterocycles. The smallest absolute Gasteiger partial charge is 0.133 e. The number of allylic oxidation sites excluding steroid dienone is 1. The fourth-order valence-electron chi connectivity index (χ4n) is 2.27. The quantitative estimate of drug-likeness (QED) is 0.541. The van der Waals surface area contributed by atoms with Gasteiger partial charge in [-0.3, -0.25) is 4.98 Å². The highest BCUT2D eigenvalue weighted by Crippen LogP contribution is 2.24. The van der Waals surface area contributed by atoms with Crippen LogP contribution in [0.25, 0.3) is 11.0 Å². The Morgan fingerprint density at radius 1 is 1.08 bits per heavy atom. The highest BCUT2D eigenvalue weighted by molar-refractivity contribution is 5.77. The molecule has 4 heteroatoms. The largest absolute Gasteiger partial charge is 0.505 e. The minimum atomic E-state index is 0.380.